The second-order valence-corrected chi connectivity index (χ2v) is 40.4. The maximum atomic E-state index is 2.53. The van der Waals surface area contributed by atoms with E-state index in [1.54, 1.807) is 44.5 Å². The van der Waals surface area contributed by atoms with Crippen molar-refractivity contribution in [1.29, 1.82) is 0 Å². The molecule has 680 valence electrons. The zero-order valence-electron chi connectivity index (χ0n) is 79.8. The van der Waals surface area contributed by atoms with Crippen molar-refractivity contribution in [3.63, 3.8) is 0 Å². The van der Waals surface area contributed by atoms with Crippen LogP contribution in [0.4, 0.5) is 68.2 Å². The quantitative estimate of drug-likeness (QED) is 0.0956. The summed E-state index contributed by atoms with van der Waals surface area (Å²) in [6.07, 6.45) is 20.6. The number of anilines is 12. The molecule has 10 aliphatic carbocycles. The topological polar surface area (TPSA) is 13.0 Å². The monoisotopic (exact) mass is 1800 g/mol. The second-order valence-electron chi connectivity index (χ2n) is 40.4. The van der Waals surface area contributed by atoms with Crippen LogP contribution in [0.3, 0.4) is 0 Å². The lowest BCUT2D eigenvalue weighted by atomic mass is 9.66. The Morgan fingerprint density at radius 1 is 0.164 bits per heavy atom. The van der Waals surface area contributed by atoms with E-state index in [1.807, 2.05) is 0 Å². The summed E-state index contributed by atoms with van der Waals surface area (Å²) < 4.78 is 0. The van der Waals surface area contributed by atoms with Crippen LogP contribution in [-0.4, -0.2) is 0 Å². The number of benzene rings is 20. The number of para-hydroxylation sites is 8. The molecule has 0 spiro atoms. The normalized spacial score (nSPS) is 18.3. The minimum atomic E-state index is 0.746. The maximum absolute atomic E-state index is 2.53. The van der Waals surface area contributed by atoms with Gasteiger partial charge in [-0.15, -0.1) is 0 Å². The SMILES string of the molecule is Cc1cc(-c2ccc(N(c3ccccc3)c3ccccc3)c3ccccc23)cc2c1C1CCC2C1.c1ccc(N(c2ccccc2)c2ccc(-c3ccc4c(c3)C3CCC4C3)c3ccccc23)cc1.c1ccc(N(c2ccccc2)c2ccc(-c3ccc4c(c3)C3CCC4CC3)c3ccccc23)cc1.c1ccc(N(c2ccccc2)c2ccc(-c3ccc4c(c3)C3CCCC4CC3)c3ccccc23)cc1. The molecule has 0 heterocycles. The van der Waals surface area contributed by atoms with Crippen molar-refractivity contribution in [3.8, 4) is 44.5 Å². The van der Waals surface area contributed by atoms with E-state index < -0.39 is 0 Å². The van der Waals surface area contributed by atoms with Crippen molar-refractivity contribution < 1.29 is 0 Å². The lowest BCUT2D eigenvalue weighted by molar-refractivity contribution is 0.359. The molecule has 0 aromatic heterocycles. The molecule has 4 saturated carbocycles. The van der Waals surface area contributed by atoms with Gasteiger partial charge < -0.3 is 19.6 Å². The molecule has 0 aliphatic heterocycles. The van der Waals surface area contributed by atoms with Crippen molar-refractivity contribution >= 4 is 111 Å². The van der Waals surface area contributed by atoms with E-state index in [4.69, 9.17) is 0 Å². The number of fused-ring (bicyclic) bond motifs is 19. The maximum Gasteiger partial charge on any atom is 0.0540 e. The molecule has 4 fully saturated rings. The molecule has 0 saturated heterocycles. The van der Waals surface area contributed by atoms with Crippen molar-refractivity contribution in [2.24, 2.45) is 0 Å². The van der Waals surface area contributed by atoms with Crippen LogP contribution >= 0.6 is 0 Å². The van der Waals surface area contributed by atoms with Crippen molar-refractivity contribution in [2.45, 2.75) is 151 Å². The van der Waals surface area contributed by atoms with Crippen LogP contribution in [0.1, 0.15) is 194 Å². The van der Waals surface area contributed by atoms with Gasteiger partial charge in [-0.25, -0.2) is 0 Å². The summed E-state index contributed by atoms with van der Waals surface area (Å²) in [5.41, 5.74) is 39.4. The zero-order chi connectivity index (χ0) is 92.9. The van der Waals surface area contributed by atoms with Crippen molar-refractivity contribution in [2.75, 3.05) is 19.6 Å². The van der Waals surface area contributed by atoms with Crippen LogP contribution < -0.4 is 19.6 Å². The first-order chi connectivity index (χ1) is 69.4. The molecule has 0 amide bonds. The molecule has 20 aromatic carbocycles. The number of hydrogen-bond acceptors (Lipinski definition) is 4. The molecular weight excluding hydrogens is 1690 g/mol. The Morgan fingerprint density at radius 2 is 0.379 bits per heavy atom. The summed E-state index contributed by atoms with van der Waals surface area (Å²) in [6.45, 7) is 2.33. The first kappa shape index (κ1) is 86.2. The largest absolute Gasteiger partial charge is 0.310 e. The number of aryl methyl sites for hydroxylation is 1. The fourth-order valence-corrected chi connectivity index (χ4v) is 26.2. The van der Waals surface area contributed by atoms with E-state index >= 15 is 0 Å². The van der Waals surface area contributed by atoms with E-state index in [2.05, 4.69) is 482 Å². The van der Waals surface area contributed by atoms with Crippen molar-refractivity contribution in [3.05, 3.63) is 505 Å². The van der Waals surface area contributed by atoms with Crippen LogP contribution in [0, 0.1) is 6.92 Å². The Kier molecular flexibility index (Phi) is 23.3. The summed E-state index contributed by atoms with van der Waals surface area (Å²) in [5.74, 6) is 6.21. The first-order valence-corrected chi connectivity index (χ1v) is 51.6. The molecule has 4 heteroatoms. The average Bonchev–Trinajstić information content (AvgIpc) is 1.24. The first-order valence-electron chi connectivity index (χ1n) is 51.6. The van der Waals surface area contributed by atoms with Crippen molar-refractivity contribution in [1.82, 2.24) is 0 Å². The highest BCUT2D eigenvalue weighted by molar-refractivity contribution is 6.11. The fourth-order valence-electron chi connectivity index (χ4n) is 26.2. The minimum Gasteiger partial charge on any atom is -0.310 e. The highest BCUT2D eigenvalue weighted by Gasteiger charge is 2.40. The van der Waals surface area contributed by atoms with Gasteiger partial charge in [-0.1, -0.05) is 340 Å². The fraction of sp³-hybridized carbons (Fsp3) is 0.176. The zero-order valence-corrected chi connectivity index (χ0v) is 79.8. The Morgan fingerprint density at radius 3 is 0.693 bits per heavy atom. The summed E-state index contributed by atoms with van der Waals surface area (Å²) in [7, 11) is 0. The third-order valence-electron chi connectivity index (χ3n) is 32.7. The molecule has 140 heavy (non-hydrogen) atoms. The van der Waals surface area contributed by atoms with Gasteiger partial charge in [-0.05, 0) is 382 Å². The third kappa shape index (κ3) is 16.2. The van der Waals surface area contributed by atoms with Gasteiger partial charge >= 0.3 is 0 Å². The molecule has 30 rings (SSSR count). The van der Waals surface area contributed by atoms with E-state index in [-0.39, 0.29) is 0 Å². The Bertz CT molecular complexity index is 7750. The molecule has 20 aromatic rings. The Hall–Kier alpha value is -15.4. The van der Waals surface area contributed by atoms with Gasteiger partial charge in [0.2, 0.25) is 0 Å². The van der Waals surface area contributed by atoms with E-state index in [0.717, 1.165) is 47.3 Å². The number of rotatable bonds is 16. The third-order valence-corrected chi connectivity index (χ3v) is 32.7. The van der Waals surface area contributed by atoms with E-state index in [9.17, 15) is 0 Å². The predicted molar refractivity (Wildman–Crippen MR) is 592 cm³/mol. The molecular formula is C136H116N4. The van der Waals surface area contributed by atoms with Gasteiger partial charge in [0, 0.05) is 67.0 Å². The summed E-state index contributed by atoms with van der Waals surface area (Å²) in [5, 5.41) is 10.3. The second kappa shape index (κ2) is 37.9. The Labute approximate surface area is 825 Å². The van der Waals surface area contributed by atoms with Gasteiger partial charge in [-0.3, -0.25) is 0 Å². The van der Waals surface area contributed by atoms with Crippen LogP contribution in [-0.2, 0) is 0 Å². The van der Waals surface area contributed by atoms with E-state index in [0.29, 0.717) is 0 Å². The highest BCUT2D eigenvalue weighted by Crippen LogP contribution is 2.59. The average molecular weight is 1810 g/mol. The minimum absolute atomic E-state index is 0.746. The highest BCUT2D eigenvalue weighted by atomic mass is 15.2. The van der Waals surface area contributed by atoms with Gasteiger partial charge in [0.05, 0.1) is 22.7 Å². The van der Waals surface area contributed by atoms with Crippen LogP contribution in [0.25, 0.3) is 87.6 Å². The molecule has 10 aliphatic rings. The lowest BCUT2D eigenvalue weighted by Gasteiger charge is -2.38. The van der Waals surface area contributed by atoms with Crippen LogP contribution in [0.5, 0.6) is 0 Å². The van der Waals surface area contributed by atoms with Crippen LogP contribution in [0.15, 0.2) is 455 Å². The smallest absolute Gasteiger partial charge is 0.0540 e. The Balaban J connectivity index is 0.0000000985. The molecule has 8 bridgehead atoms. The van der Waals surface area contributed by atoms with Gasteiger partial charge in [-0.2, -0.15) is 0 Å². The standard InChI is InChI=1S/C35H31N.2C34H29N.C33H27N/c1-3-12-28(13-4-1)36(29-14-5-2-6-15-29)35-23-22-31(32-16-7-8-17-33(32)35)27-20-21-30-25-10-9-11-26(19-18-25)34(30)24-27;1-23-20-26(22-32-24-16-17-25(21-24)34(23)32)29-18-19-33(31-15-9-8-14-30(29)31)35(27-10-4-2-5-11-27)28-12-6-3-7-13-28;1-3-9-27(10-4-1)35(28-11-5-2-6-12-28)34-22-21-30(31-13-7-8-14-32(31)34)26-19-20-29-24-15-17-25(18-16-24)33(29)23-26;1-3-9-26(10-4-1)34(27-11-5-2-6-12-27)33-20-19-28(30-13-7-8-14-31(30)33)25-17-18-29-23-15-16-24(21-23)32(29)22-25/h1-8,12-17,20-26H,9-11,18-19H2;2-15,18-20,22,24-25H,16-17,21H2,1H3;1-14,19-25H,15-18H2;1-14,17-20,22-24H,15-16,21H2. The molecule has 0 N–H and O–H groups in total. The van der Waals surface area contributed by atoms with Crippen LogP contribution in [0.2, 0.25) is 0 Å². The number of hydrogen-bond donors (Lipinski definition) is 0. The van der Waals surface area contributed by atoms with Gasteiger partial charge in [0.15, 0.2) is 0 Å². The summed E-state index contributed by atoms with van der Waals surface area (Å²) >= 11 is 0. The summed E-state index contributed by atoms with van der Waals surface area (Å²) in [6, 6.07) is 167. The molecule has 4 nitrogen and oxygen atoms in total. The summed E-state index contributed by atoms with van der Waals surface area (Å²) in [4.78, 5) is 9.49. The molecule has 6 atom stereocenters. The van der Waals surface area contributed by atoms with Gasteiger partial charge in [0.1, 0.15) is 0 Å². The lowest BCUT2D eigenvalue weighted by Crippen LogP contribution is -2.21. The molecule has 6 unspecified atom stereocenters. The van der Waals surface area contributed by atoms with E-state index in [1.165, 1.54) is 258 Å². The van der Waals surface area contributed by atoms with Gasteiger partial charge in [0.25, 0.3) is 0 Å². The predicted octanol–water partition coefficient (Wildman–Crippen LogP) is 38.8. The number of nitrogens with zero attached hydrogens (tertiary/aromatic N) is 4. The molecule has 0 radical (unpaired) electrons.